The average Bonchev–Trinajstić information content (AvgIpc) is 2.45. The molecule has 1 aromatic rings. The molecule has 1 aliphatic rings. The van der Waals surface area contributed by atoms with Gasteiger partial charge >= 0.3 is 0 Å². The molecule has 1 fully saturated rings. The van der Waals surface area contributed by atoms with Gasteiger partial charge in [0.15, 0.2) is 0 Å². The number of rotatable bonds is 3. The molecule has 0 aliphatic heterocycles. The highest BCUT2D eigenvalue weighted by Gasteiger charge is 2.38. The summed E-state index contributed by atoms with van der Waals surface area (Å²) in [7, 11) is 1.63. The first-order valence-corrected chi connectivity index (χ1v) is 7.27. The van der Waals surface area contributed by atoms with Crippen LogP contribution < -0.4 is 10.6 Å². The summed E-state index contributed by atoms with van der Waals surface area (Å²) in [6.07, 6.45) is -0.0286. The van der Waals surface area contributed by atoms with E-state index < -0.39 is 5.92 Å². The van der Waals surface area contributed by atoms with Crippen LogP contribution in [0.15, 0.2) is 24.3 Å². The van der Waals surface area contributed by atoms with Crippen LogP contribution in [0.4, 0.5) is 14.5 Å². The van der Waals surface area contributed by atoms with Crippen LogP contribution in [0.1, 0.15) is 31.2 Å². The number of carbonyl (C=O) groups is 1. The third-order valence-electron chi connectivity index (χ3n) is 3.93. The van der Waals surface area contributed by atoms with E-state index in [1.807, 2.05) is 0 Å². The molecule has 0 radical (unpaired) electrons. The number of nitrogens with two attached hydrogens (primary N) is 1. The molecule has 2 N–H and O–H groups in total. The van der Waals surface area contributed by atoms with Gasteiger partial charge in [-0.3, -0.25) is 4.79 Å². The number of alkyl halides is 2. The summed E-state index contributed by atoms with van der Waals surface area (Å²) in [4.78, 5) is 14.2. The van der Waals surface area contributed by atoms with Gasteiger partial charge in [-0.1, -0.05) is 24.4 Å². The Morgan fingerprint density at radius 1 is 1.33 bits per heavy atom. The van der Waals surface area contributed by atoms with Crippen molar-refractivity contribution in [3.63, 3.8) is 0 Å². The van der Waals surface area contributed by atoms with Crippen LogP contribution in [0.5, 0.6) is 0 Å². The first-order valence-electron chi connectivity index (χ1n) is 6.86. The van der Waals surface area contributed by atoms with E-state index in [0.29, 0.717) is 11.3 Å². The van der Waals surface area contributed by atoms with Gasteiger partial charge in [-0.05, 0) is 25.0 Å². The molecule has 0 atom stereocenters. The molecule has 1 saturated carbocycles. The number of para-hydroxylation sites is 1. The minimum absolute atomic E-state index is 0.158. The maximum absolute atomic E-state index is 13.2. The van der Waals surface area contributed by atoms with Gasteiger partial charge in [0.05, 0.1) is 5.69 Å². The second kappa shape index (κ2) is 6.05. The van der Waals surface area contributed by atoms with Crippen molar-refractivity contribution in [2.75, 3.05) is 11.9 Å². The summed E-state index contributed by atoms with van der Waals surface area (Å²) in [6, 6.07) is 7.08. The van der Waals surface area contributed by atoms with Crippen LogP contribution in [0.25, 0.3) is 0 Å². The molecular weight excluding hydrogens is 294 g/mol. The number of carbonyl (C=O) groups excluding carboxylic acids is 1. The van der Waals surface area contributed by atoms with Crippen LogP contribution in [0, 0.1) is 5.92 Å². The molecule has 0 aromatic heterocycles. The summed E-state index contributed by atoms with van der Waals surface area (Å²) in [5.41, 5.74) is 6.89. The zero-order valence-corrected chi connectivity index (χ0v) is 12.6. The monoisotopic (exact) mass is 312 g/mol. The number of nitrogens with zero attached hydrogens (tertiary/aromatic N) is 1. The molecule has 0 saturated heterocycles. The van der Waals surface area contributed by atoms with Gasteiger partial charge in [0, 0.05) is 31.4 Å². The number of thiocarbonyl (C=S) groups is 1. The maximum atomic E-state index is 13.2. The number of anilines is 1. The van der Waals surface area contributed by atoms with Crippen molar-refractivity contribution in [3.8, 4) is 0 Å². The molecule has 6 heteroatoms. The predicted octanol–water partition coefficient (Wildman–Crippen LogP) is 3.11. The van der Waals surface area contributed by atoms with Crippen molar-refractivity contribution in [3.05, 3.63) is 29.8 Å². The molecule has 2 rings (SSSR count). The summed E-state index contributed by atoms with van der Waals surface area (Å²) in [5, 5.41) is 0. The zero-order valence-electron chi connectivity index (χ0n) is 11.8. The predicted molar refractivity (Wildman–Crippen MR) is 82.6 cm³/mol. The molecule has 0 spiro atoms. The number of hydrogen-bond acceptors (Lipinski definition) is 2. The lowest BCUT2D eigenvalue weighted by molar-refractivity contribution is -0.126. The highest BCUT2D eigenvalue weighted by atomic mass is 32.1. The van der Waals surface area contributed by atoms with Gasteiger partial charge in [0.1, 0.15) is 4.99 Å². The van der Waals surface area contributed by atoms with Crippen LogP contribution in [0.3, 0.4) is 0 Å². The molecule has 1 aromatic carbocycles. The Morgan fingerprint density at radius 2 is 1.90 bits per heavy atom. The molecule has 1 aliphatic carbocycles. The largest absolute Gasteiger partial charge is 0.389 e. The van der Waals surface area contributed by atoms with Crippen molar-refractivity contribution < 1.29 is 13.6 Å². The quantitative estimate of drug-likeness (QED) is 0.872. The minimum Gasteiger partial charge on any atom is -0.389 e. The fourth-order valence-corrected chi connectivity index (χ4v) is 2.83. The average molecular weight is 312 g/mol. The SMILES string of the molecule is CN(C(=O)C1CCC(F)(F)CC1)c1ccccc1C(N)=S. The van der Waals surface area contributed by atoms with Crippen molar-refractivity contribution in [1.82, 2.24) is 0 Å². The van der Waals surface area contributed by atoms with Crippen molar-refractivity contribution >= 4 is 28.8 Å². The van der Waals surface area contributed by atoms with E-state index in [1.54, 1.807) is 31.3 Å². The normalized spacial score (nSPS) is 18.2. The first-order chi connectivity index (χ1) is 9.82. The zero-order chi connectivity index (χ0) is 15.6. The van der Waals surface area contributed by atoms with Crippen LogP contribution >= 0.6 is 12.2 Å². The molecule has 114 valence electrons. The van der Waals surface area contributed by atoms with E-state index in [2.05, 4.69) is 0 Å². The Labute approximate surface area is 128 Å². The molecule has 0 heterocycles. The maximum Gasteiger partial charge on any atom is 0.248 e. The van der Waals surface area contributed by atoms with Gasteiger partial charge in [0.25, 0.3) is 0 Å². The third-order valence-corrected chi connectivity index (χ3v) is 4.15. The number of halogens is 2. The highest BCUT2D eigenvalue weighted by molar-refractivity contribution is 7.80. The van der Waals surface area contributed by atoms with Crippen molar-refractivity contribution in [1.29, 1.82) is 0 Å². The molecular formula is C15H18F2N2OS. The minimum atomic E-state index is -2.63. The van der Waals surface area contributed by atoms with Gasteiger partial charge < -0.3 is 10.6 Å². The topological polar surface area (TPSA) is 46.3 Å². The van der Waals surface area contributed by atoms with Crippen LogP contribution in [-0.2, 0) is 4.79 Å². The van der Waals surface area contributed by atoms with E-state index in [4.69, 9.17) is 18.0 Å². The van der Waals surface area contributed by atoms with E-state index >= 15 is 0 Å². The van der Waals surface area contributed by atoms with E-state index in [0.717, 1.165) is 0 Å². The molecule has 1 amide bonds. The second-order valence-corrected chi connectivity index (χ2v) is 5.85. The lowest BCUT2D eigenvalue weighted by Crippen LogP contribution is -2.38. The summed E-state index contributed by atoms with van der Waals surface area (Å²) in [5.74, 6) is -3.16. The summed E-state index contributed by atoms with van der Waals surface area (Å²) < 4.78 is 26.4. The Kier molecular flexibility index (Phi) is 4.56. The van der Waals surface area contributed by atoms with Crippen molar-refractivity contribution in [2.24, 2.45) is 11.7 Å². The smallest absolute Gasteiger partial charge is 0.248 e. The number of hydrogen-bond donors (Lipinski definition) is 1. The Hall–Kier alpha value is -1.56. The number of amides is 1. The Morgan fingerprint density at radius 3 is 2.48 bits per heavy atom. The number of benzene rings is 1. The molecule has 0 unspecified atom stereocenters. The van der Waals surface area contributed by atoms with Gasteiger partial charge in [-0.2, -0.15) is 0 Å². The van der Waals surface area contributed by atoms with Gasteiger partial charge in [-0.25, -0.2) is 8.78 Å². The fourth-order valence-electron chi connectivity index (χ4n) is 2.65. The lowest BCUT2D eigenvalue weighted by atomic mass is 9.86. The van der Waals surface area contributed by atoms with Gasteiger partial charge in [-0.15, -0.1) is 0 Å². The highest BCUT2D eigenvalue weighted by Crippen LogP contribution is 2.37. The van der Waals surface area contributed by atoms with Crippen LogP contribution in [-0.4, -0.2) is 23.9 Å². The second-order valence-electron chi connectivity index (χ2n) is 5.41. The van der Waals surface area contributed by atoms with Gasteiger partial charge in [0.2, 0.25) is 11.8 Å². The van der Waals surface area contributed by atoms with Crippen molar-refractivity contribution in [2.45, 2.75) is 31.6 Å². The first kappa shape index (κ1) is 15.8. The van der Waals surface area contributed by atoms with E-state index in [-0.39, 0.29) is 42.5 Å². The molecule has 3 nitrogen and oxygen atoms in total. The molecule has 0 bridgehead atoms. The molecule has 21 heavy (non-hydrogen) atoms. The standard InChI is InChI=1S/C15H18F2N2OS/c1-19(12-5-3-2-4-11(12)13(18)21)14(20)10-6-8-15(16,17)9-7-10/h2-5,10H,6-9H2,1H3,(H2,18,21). The van der Waals surface area contributed by atoms with E-state index in [9.17, 15) is 13.6 Å². The lowest BCUT2D eigenvalue weighted by Gasteiger charge is -2.31. The van der Waals surface area contributed by atoms with E-state index in [1.165, 1.54) is 4.90 Å². The Bertz CT molecular complexity index is 552. The summed E-state index contributed by atoms with van der Waals surface area (Å²) in [6.45, 7) is 0. The Balaban J connectivity index is 2.15. The summed E-state index contributed by atoms with van der Waals surface area (Å²) >= 11 is 4.98. The third kappa shape index (κ3) is 3.56. The fraction of sp³-hybridized carbons (Fsp3) is 0.467. The van der Waals surface area contributed by atoms with Crippen LogP contribution in [0.2, 0.25) is 0 Å².